The van der Waals surface area contributed by atoms with Crippen molar-refractivity contribution in [3.05, 3.63) is 66.2 Å². The Hall–Kier alpha value is -2.18. The van der Waals surface area contributed by atoms with Crippen molar-refractivity contribution in [3.63, 3.8) is 0 Å². The van der Waals surface area contributed by atoms with Gasteiger partial charge in [0.2, 0.25) is 15.9 Å². The van der Waals surface area contributed by atoms with Gasteiger partial charge in [-0.05, 0) is 36.5 Å². The van der Waals surface area contributed by atoms with Gasteiger partial charge in [-0.15, -0.1) is 0 Å². The van der Waals surface area contributed by atoms with E-state index in [-0.39, 0.29) is 11.8 Å². The third-order valence-electron chi connectivity index (χ3n) is 5.11. The van der Waals surface area contributed by atoms with E-state index in [0.29, 0.717) is 31.0 Å². The third kappa shape index (κ3) is 4.96. The minimum Gasteiger partial charge on any atom is -0.341 e. The van der Waals surface area contributed by atoms with Crippen molar-refractivity contribution in [1.29, 1.82) is 0 Å². The van der Waals surface area contributed by atoms with Crippen molar-refractivity contribution in [1.82, 2.24) is 9.21 Å². The fraction of sp³-hybridized carbons (Fsp3) is 0.381. The zero-order valence-electron chi connectivity index (χ0n) is 15.6. The van der Waals surface area contributed by atoms with Crippen molar-refractivity contribution < 1.29 is 13.2 Å². The Morgan fingerprint density at radius 3 is 2.15 bits per heavy atom. The van der Waals surface area contributed by atoms with Crippen molar-refractivity contribution >= 4 is 15.9 Å². The van der Waals surface area contributed by atoms with Crippen LogP contribution >= 0.6 is 0 Å². The molecule has 1 aliphatic heterocycles. The maximum atomic E-state index is 12.7. The van der Waals surface area contributed by atoms with Crippen LogP contribution in [0.3, 0.4) is 0 Å². The average molecular weight is 387 g/mol. The molecule has 3 rings (SSSR count). The predicted molar refractivity (Wildman–Crippen MR) is 105 cm³/mol. The van der Waals surface area contributed by atoms with Gasteiger partial charge in [-0.3, -0.25) is 4.79 Å². The molecular weight excluding hydrogens is 360 g/mol. The molecule has 1 aliphatic rings. The highest BCUT2D eigenvalue weighted by Crippen LogP contribution is 2.26. The summed E-state index contributed by atoms with van der Waals surface area (Å²) in [5.74, 6) is 0.348. The number of nitrogens with zero attached hydrogens (tertiary/aromatic N) is 2. The number of rotatable bonds is 6. The first-order valence-electron chi connectivity index (χ1n) is 9.30. The summed E-state index contributed by atoms with van der Waals surface area (Å²) in [6, 6.07) is 18.5. The highest BCUT2D eigenvalue weighted by molar-refractivity contribution is 7.89. The predicted octanol–water partition coefficient (Wildman–Crippen LogP) is 3.14. The van der Waals surface area contributed by atoms with E-state index in [1.165, 1.54) is 4.31 Å². The molecular formula is C21H26N2O3S. The second-order valence-corrected chi connectivity index (χ2v) is 9.04. The summed E-state index contributed by atoms with van der Waals surface area (Å²) in [4.78, 5) is 14.6. The lowest BCUT2D eigenvalue weighted by Gasteiger charge is -2.31. The van der Waals surface area contributed by atoms with Gasteiger partial charge in [-0.25, -0.2) is 8.42 Å². The number of carbonyl (C=O) groups is 1. The largest absolute Gasteiger partial charge is 0.341 e. The summed E-state index contributed by atoms with van der Waals surface area (Å²) in [6.07, 6.45) is 1.91. The molecule has 6 heteroatoms. The van der Waals surface area contributed by atoms with Crippen LogP contribution in [0.2, 0.25) is 0 Å². The molecule has 0 spiro atoms. The summed E-state index contributed by atoms with van der Waals surface area (Å²) >= 11 is 0. The molecule has 0 aromatic heterocycles. The van der Waals surface area contributed by atoms with Crippen LogP contribution < -0.4 is 0 Å². The first kappa shape index (κ1) is 19.6. The number of sulfonamides is 1. The van der Waals surface area contributed by atoms with Crippen LogP contribution in [0.4, 0.5) is 0 Å². The molecule has 0 atom stereocenters. The Morgan fingerprint density at radius 2 is 1.56 bits per heavy atom. The van der Waals surface area contributed by atoms with Gasteiger partial charge in [-0.1, -0.05) is 48.5 Å². The van der Waals surface area contributed by atoms with Gasteiger partial charge >= 0.3 is 0 Å². The van der Waals surface area contributed by atoms with E-state index in [1.807, 2.05) is 43.4 Å². The van der Waals surface area contributed by atoms with Crippen LogP contribution in [0, 0.1) is 5.92 Å². The zero-order chi connectivity index (χ0) is 19.3. The summed E-state index contributed by atoms with van der Waals surface area (Å²) < 4.78 is 26.9. The molecule has 0 saturated carbocycles. The molecule has 0 N–H and O–H groups in total. The molecule has 0 bridgehead atoms. The van der Waals surface area contributed by atoms with Gasteiger partial charge < -0.3 is 4.90 Å². The lowest BCUT2D eigenvalue weighted by molar-refractivity contribution is -0.131. The Morgan fingerprint density at radius 1 is 1.00 bits per heavy atom. The Labute approximate surface area is 161 Å². The maximum Gasteiger partial charge on any atom is 0.243 e. The minimum atomic E-state index is -3.43. The summed E-state index contributed by atoms with van der Waals surface area (Å²) in [5, 5.41) is 0. The van der Waals surface area contributed by atoms with Crippen molar-refractivity contribution in [2.24, 2.45) is 5.92 Å². The molecule has 1 fully saturated rings. The number of benzene rings is 2. The van der Waals surface area contributed by atoms with Crippen LogP contribution in [-0.2, 0) is 21.4 Å². The average Bonchev–Trinajstić information content (AvgIpc) is 2.70. The van der Waals surface area contributed by atoms with Gasteiger partial charge in [0.15, 0.2) is 0 Å². The van der Waals surface area contributed by atoms with E-state index < -0.39 is 10.0 Å². The second kappa shape index (κ2) is 8.67. The molecule has 5 nitrogen and oxygen atoms in total. The quantitative estimate of drug-likeness (QED) is 0.766. The van der Waals surface area contributed by atoms with Crippen LogP contribution in [0.5, 0.6) is 0 Å². The van der Waals surface area contributed by atoms with E-state index in [0.717, 1.165) is 18.4 Å². The Balaban J connectivity index is 1.51. The molecule has 1 saturated heterocycles. The highest BCUT2D eigenvalue weighted by atomic mass is 32.2. The Bertz CT molecular complexity index is 846. The maximum absolute atomic E-state index is 12.7. The van der Waals surface area contributed by atoms with E-state index in [4.69, 9.17) is 0 Å². The van der Waals surface area contributed by atoms with E-state index in [9.17, 15) is 13.2 Å². The van der Waals surface area contributed by atoms with Crippen LogP contribution in [0.25, 0.3) is 0 Å². The van der Waals surface area contributed by atoms with Gasteiger partial charge in [0, 0.05) is 33.1 Å². The fourth-order valence-corrected chi connectivity index (χ4v) is 4.93. The van der Waals surface area contributed by atoms with E-state index in [2.05, 4.69) is 0 Å². The molecule has 1 heterocycles. The first-order chi connectivity index (χ1) is 13.0. The fourth-order valence-electron chi connectivity index (χ4n) is 3.44. The number of amides is 1. The summed E-state index contributed by atoms with van der Waals surface area (Å²) in [5.41, 5.74) is 1.11. The number of piperidine rings is 1. The van der Waals surface area contributed by atoms with Gasteiger partial charge in [0.25, 0.3) is 0 Å². The molecule has 144 valence electrons. The number of hydrogen-bond donors (Lipinski definition) is 0. The smallest absolute Gasteiger partial charge is 0.243 e. The van der Waals surface area contributed by atoms with Crippen molar-refractivity contribution in [3.8, 4) is 0 Å². The minimum absolute atomic E-state index is 0.114. The molecule has 27 heavy (non-hydrogen) atoms. The molecule has 0 unspecified atom stereocenters. The third-order valence-corrected chi connectivity index (χ3v) is 7.02. The van der Waals surface area contributed by atoms with E-state index in [1.54, 1.807) is 29.2 Å². The summed E-state index contributed by atoms with van der Waals surface area (Å²) in [6.45, 7) is 1.54. The summed E-state index contributed by atoms with van der Waals surface area (Å²) in [7, 11) is -1.61. The molecule has 0 aliphatic carbocycles. The second-order valence-electron chi connectivity index (χ2n) is 7.10. The normalized spacial score (nSPS) is 16.2. The highest BCUT2D eigenvalue weighted by Gasteiger charge is 2.30. The molecule has 2 aromatic rings. The lowest BCUT2D eigenvalue weighted by atomic mass is 9.94. The SMILES string of the molecule is CN(Cc1ccccc1)C(=O)CC1CCN(S(=O)(=O)c2ccccc2)CC1. The van der Waals surface area contributed by atoms with Gasteiger partial charge in [-0.2, -0.15) is 4.31 Å². The molecule has 2 aromatic carbocycles. The monoisotopic (exact) mass is 386 g/mol. The van der Waals surface area contributed by atoms with E-state index >= 15 is 0 Å². The lowest BCUT2D eigenvalue weighted by Crippen LogP contribution is -2.39. The van der Waals surface area contributed by atoms with Gasteiger partial charge in [0.1, 0.15) is 0 Å². The van der Waals surface area contributed by atoms with Gasteiger partial charge in [0.05, 0.1) is 4.90 Å². The molecule has 1 amide bonds. The Kier molecular flexibility index (Phi) is 6.29. The molecule has 0 radical (unpaired) electrons. The standard InChI is InChI=1S/C21H26N2O3S/c1-22(17-19-8-4-2-5-9-19)21(24)16-18-12-14-23(15-13-18)27(25,26)20-10-6-3-7-11-20/h2-11,18H,12-17H2,1H3. The van der Waals surface area contributed by atoms with Crippen LogP contribution in [0.1, 0.15) is 24.8 Å². The van der Waals surface area contributed by atoms with Crippen molar-refractivity contribution in [2.75, 3.05) is 20.1 Å². The van der Waals surface area contributed by atoms with Crippen LogP contribution in [-0.4, -0.2) is 43.7 Å². The zero-order valence-corrected chi connectivity index (χ0v) is 16.4. The number of carbonyl (C=O) groups excluding carboxylic acids is 1. The first-order valence-corrected chi connectivity index (χ1v) is 10.7. The van der Waals surface area contributed by atoms with Crippen molar-refractivity contribution in [2.45, 2.75) is 30.7 Å². The van der Waals surface area contributed by atoms with Crippen LogP contribution in [0.15, 0.2) is 65.6 Å². The number of hydrogen-bond acceptors (Lipinski definition) is 3. The topological polar surface area (TPSA) is 57.7 Å².